The lowest BCUT2D eigenvalue weighted by molar-refractivity contribution is 0.0612. The molecule has 4 aromatic rings. The van der Waals surface area contributed by atoms with Gasteiger partial charge in [0.1, 0.15) is 17.5 Å². The molecule has 0 bridgehead atoms. The van der Waals surface area contributed by atoms with Gasteiger partial charge in [-0.1, -0.05) is 48.0 Å². The van der Waals surface area contributed by atoms with E-state index in [0.29, 0.717) is 54.3 Å². The number of benzene rings is 3. The van der Waals surface area contributed by atoms with E-state index in [2.05, 4.69) is 10.6 Å². The summed E-state index contributed by atoms with van der Waals surface area (Å²) >= 11 is 0. The predicted octanol–water partition coefficient (Wildman–Crippen LogP) is 5.77. The molecule has 1 unspecified atom stereocenters. The lowest BCUT2D eigenvalue weighted by atomic mass is 9.94. The molecule has 0 aliphatic carbocycles. The highest BCUT2D eigenvalue weighted by molar-refractivity contribution is 6.04. The van der Waals surface area contributed by atoms with Crippen molar-refractivity contribution in [3.63, 3.8) is 0 Å². The van der Waals surface area contributed by atoms with Crippen molar-refractivity contribution in [1.29, 1.82) is 0 Å². The highest BCUT2D eigenvalue weighted by atomic mass is 19.1. The Balaban J connectivity index is 1.25. The van der Waals surface area contributed by atoms with Crippen LogP contribution in [0.1, 0.15) is 50.2 Å². The lowest BCUT2D eigenvalue weighted by Gasteiger charge is -2.24. The number of hydrogen-bond acceptors (Lipinski definition) is 6. The van der Waals surface area contributed by atoms with Crippen LogP contribution in [0.5, 0.6) is 0 Å². The van der Waals surface area contributed by atoms with E-state index in [4.69, 9.17) is 10.5 Å². The van der Waals surface area contributed by atoms with Gasteiger partial charge in [-0.3, -0.25) is 14.4 Å². The van der Waals surface area contributed by atoms with E-state index in [1.54, 1.807) is 30.6 Å². The molecule has 0 radical (unpaired) electrons. The Morgan fingerprint density at radius 3 is 2.41 bits per heavy atom. The summed E-state index contributed by atoms with van der Waals surface area (Å²) in [6.45, 7) is 4.09. The van der Waals surface area contributed by atoms with Gasteiger partial charge in [-0.05, 0) is 83.9 Å². The third-order valence-electron chi connectivity index (χ3n) is 8.50. The number of anilines is 1. The highest BCUT2D eigenvalue weighted by Gasteiger charge is 2.21. The second-order valence-corrected chi connectivity index (χ2v) is 11.8. The third kappa shape index (κ3) is 6.75. The lowest BCUT2D eigenvalue weighted by Crippen LogP contribution is -2.36. The number of carbonyl (C=O) groups is 2. The zero-order chi connectivity index (χ0) is 32.2. The Labute approximate surface area is 266 Å². The molecule has 4 N–H and O–H groups in total. The quantitative estimate of drug-likeness (QED) is 0.216. The summed E-state index contributed by atoms with van der Waals surface area (Å²) in [5.74, 6) is -0.697. The van der Waals surface area contributed by atoms with Crippen LogP contribution in [0.15, 0.2) is 96.2 Å². The van der Waals surface area contributed by atoms with Crippen molar-refractivity contribution in [1.82, 2.24) is 9.88 Å². The van der Waals surface area contributed by atoms with Gasteiger partial charge in [0.2, 0.25) is 5.43 Å². The molecule has 9 heteroatoms. The standard InChI is InChI=1S/C37H35FN4O4/c1-23-2-4-26(5-3-23)32-20-42(19-24-12-14-46-15-13-24)21-33(35(32)44)37(45)41-30-10-8-25(9-11-30)31-16-29(18-40-36(31)39)27-6-7-28(22-43)34(38)17-27/h2-11,16-18,20-22,24,36,40H,12-15,19,39H2,1H3,(H,41,45). The van der Waals surface area contributed by atoms with Crippen LogP contribution in [-0.4, -0.2) is 36.1 Å². The van der Waals surface area contributed by atoms with Crippen LogP contribution in [0.4, 0.5) is 10.1 Å². The maximum atomic E-state index is 14.3. The van der Waals surface area contributed by atoms with Crippen molar-refractivity contribution < 1.29 is 18.7 Å². The van der Waals surface area contributed by atoms with Gasteiger partial charge in [0.05, 0.1) is 5.56 Å². The van der Waals surface area contributed by atoms with E-state index < -0.39 is 17.9 Å². The monoisotopic (exact) mass is 618 g/mol. The fourth-order valence-corrected chi connectivity index (χ4v) is 5.81. The number of allylic oxidation sites excluding steroid dienone is 2. The molecule has 234 valence electrons. The van der Waals surface area contributed by atoms with Crippen LogP contribution in [0.25, 0.3) is 22.3 Å². The minimum Gasteiger partial charge on any atom is -0.381 e. The summed E-state index contributed by atoms with van der Waals surface area (Å²) in [6, 6.07) is 19.3. The first-order valence-corrected chi connectivity index (χ1v) is 15.3. The van der Waals surface area contributed by atoms with Gasteiger partial charge in [-0.25, -0.2) is 4.39 Å². The molecule has 3 aromatic carbocycles. The SMILES string of the molecule is Cc1ccc(-c2cn(CC3CCOCC3)cc(C(=O)Nc3ccc(C4=CC(c5ccc(C=O)c(F)c5)=CNC4N)cc3)c2=O)cc1. The number of aldehydes is 1. The summed E-state index contributed by atoms with van der Waals surface area (Å²) in [6.07, 6.45) is 8.88. The number of ether oxygens (including phenoxy) is 1. The average Bonchev–Trinajstić information content (AvgIpc) is 3.07. The van der Waals surface area contributed by atoms with Gasteiger partial charge >= 0.3 is 0 Å². The number of aromatic nitrogens is 1. The molecule has 2 aliphatic rings. The van der Waals surface area contributed by atoms with Crippen LogP contribution in [-0.2, 0) is 11.3 Å². The van der Waals surface area contributed by atoms with Crippen LogP contribution in [0.2, 0.25) is 0 Å². The van der Waals surface area contributed by atoms with Gasteiger partial charge < -0.3 is 25.7 Å². The van der Waals surface area contributed by atoms with Crippen LogP contribution in [0, 0.1) is 18.7 Å². The van der Waals surface area contributed by atoms with E-state index in [0.717, 1.165) is 35.1 Å². The first-order valence-electron chi connectivity index (χ1n) is 15.3. The minimum absolute atomic E-state index is 0.00761. The number of nitrogens with one attached hydrogen (secondary N) is 2. The Kier molecular flexibility index (Phi) is 9.05. The van der Waals surface area contributed by atoms with Crippen molar-refractivity contribution >= 4 is 29.0 Å². The number of dihydropyridines is 1. The number of pyridine rings is 1. The van der Waals surface area contributed by atoms with Crippen LogP contribution < -0.4 is 21.8 Å². The van der Waals surface area contributed by atoms with Crippen molar-refractivity contribution in [2.24, 2.45) is 11.7 Å². The molecule has 2 aliphatic heterocycles. The number of carbonyl (C=O) groups excluding carboxylic acids is 2. The van der Waals surface area contributed by atoms with E-state index in [1.807, 2.05) is 60.2 Å². The van der Waals surface area contributed by atoms with Gasteiger partial charge in [0.15, 0.2) is 6.29 Å². The molecule has 46 heavy (non-hydrogen) atoms. The molecule has 1 amide bonds. The maximum Gasteiger partial charge on any atom is 0.261 e. The summed E-state index contributed by atoms with van der Waals surface area (Å²) in [5, 5.41) is 5.99. The van der Waals surface area contributed by atoms with Crippen molar-refractivity contribution in [2.45, 2.75) is 32.5 Å². The van der Waals surface area contributed by atoms with Crippen molar-refractivity contribution in [3.05, 3.63) is 135 Å². The van der Waals surface area contributed by atoms with E-state index >= 15 is 0 Å². The maximum absolute atomic E-state index is 14.3. The topological polar surface area (TPSA) is 115 Å². The van der Waals surface area contributed by atoms with Crippen molar-refractivity contribution in [2.75, 3.05) is 18.5 Å². The normalized spacial score (nSPS) is 16.6. The predicted molar refractivity (Wildman–Crippen MR) is 178 cm³/mol. The Bertz CT molecular complexity index is 1890. The van der Waals surface area contributed by atoms with Crippen LogP contribution in [0.3, 0.4) is 0 Å². The first-order chi connectivity index (χ1) is 22.3. The molecule has 0 saturated carbocycles. The van der Waals surface area contributed by atoms with Gasteiger partial charge in [-0.15, -0.1) is 0 Å². The largest absolute Gasteiger partial charge is 0.381 e. The number of nitrogens with two attached hydrogens (primary N) is 1. The van der Waals surface area contributed by atoms with Gasteiger partial charge in [0, 0.05) is 49.6 Å². The van der Waals surface area contributed by atoms with Crippen molar-refractivity contribution in [3.8, 4) is 11.1 Å². The number of halogens is 1. The Morgan fingerprint density at radius 2 is 1.72 bits per heavy atom. The fraction of sp³-hybridized carbons (Fsp3) is 0.216. The molecule has 1 atom stereocenters. The van der Waals surface area contributed by atoms with E-state index in [9.17, 15) is 18.8 Å². The number of amides is 1. The summed E-state index contributed by atoms with van der Waals surface area (Å²) in [7, 11) is 0. The molecule has 1 saturated heterocycles. The number of hydrogen-bond donors (Lipinski definition) is 3. The second-order valence-electron chi connectivity index (χ2n) is 11.8. The van der Waals surface area contributed by atoms with E-state index in [1.165, 1.54) is 12.1 Å². The average molecular weight is 619 g/mol. The van der Waals surface area contributed by atoms with Crippen LogP contribution >= 0.6 is 0 Å². The number of aryl methyl sites for hydroxylation is 1. The second kappa shape index (κ2) is 13.5. The Hall–Kier alpha value is -5.12. The zero-order valence-electron chi connectivity index (χ0n) is 25.5. The smallest absolute Gasteiger partial charge is 0.261 e. The molecular formula is C37H35FN4O4. The van der Waals surface area contributed by atoms with Gasteiger partial charge in [0.25, 0.3) is 5.91 Å². The highest BCUT2D eigenvalue weighted by Crippen LogP contribution is 2.29. The molecule has 0 spiro atoms. The minimum atomic E-state index is -0.599. The molecule has 3 heterocycles. The molecule has 1 fully saturated rings. The summed E-state index contributed by atoms with van der Waals surface area (Å²) < 4.78 is 21.7. The summed E-state index contributed by atoms with van der Waals surface area (Å²) in [4.78, 5) is 38.3. The fourth-order valence-electron chi connectivity index (χ4n) is 5.81. The van der Waals surface area contributed by atoms with E-state index in [-0.39, 0.29) is 16.6 Å². The summed E-state index contributed by atoms with van der Waals surface area (Å²) in [5.41, 5.74) is 11.8. The zero-order valence-corrected chi connectivity index (χ0v) is 25.5. The third-order valence-corrected chi connectivity index (χ3v) is 8.50. The molecular weight excluding hydrogens is 583 g/mol. The number of nitrogens with zero attached hydrogens (tertiary/aromatic N) is 1. The first kappa shape index (κ1) is 30.9. The van der Waals surface area contributed by atoms with Gasteiger partial charge in [-0.2, -0.15) is 0 Å². The number of rotatable bonds is 8. The molecule has 1 aromatic heterocycles. The molecule has 6 rings (SSSR count). The molecule has 8 nitrogen and oxygen atoms in total. The Morgan fingerprint density at radius 1 is 1.02 bits per heavy atom.